The first-order valence-corrected chi connectivity index (χ1v) is 29.7. The maximum Gasteiger partial charge on any atom is 0.305 e. The fourth-order valence-corrected chi connectivity index (χ4v) is 9.08. The zero-order valence-corrected chi connectivity index (χ0v) is 44.9. The Morgan fingerprint density at radius 2 is 0.776 bits per heavy atom. The third kappa shape index (κ3) is 53.3. The van der Waals surface area contributed by atoms with Gasteiger partial charge in [-0.15, -0.1) is 0 Å². The van der Waals surface area contributed by atoms with E-state index < -0.39 is 12.1 Å². The Labute approximate surface area is 417 Å². The Hall–Kier alpha value is -1.92. The first kappa shape index (κ1) is 65.1. The highest BCUT2D eigenvalue weighted by Crippen LogP contribution is 2.17. The van der Waals surface area contributed by atoms with Crippen molar-refractivity contribution < 1.29 is 24.5 Å². The average molecular weight is 943 g/mol. The first-order chi connectivity index (χ1) is 33.0. The first-order valence-electron chi connectivity index (χ1n) is 29.7. The number of esters is 1. The van der Waals surface area contributed by atoms with Gasteiger partial charge < -0.3 is 20.3 Å². The summed E-state index contributed by atoms with van der Waals surface area (Å²) in [5, 5.41) is 23.3. The lowest BCUT2D eigenvalue weighted by Crippen LogP contribution is -2.45. The van der Waals surface area contributed by atoms with Crippen molar-refractivity contribution >= 4 is 11.9 Å². The van der Waals surface area contributed by atoms with E-state index >= 15 is 0 Å². The zero-order chi connectivity index (χ0) is 48.6. The normalized spacial score (nSPS) is 12.8. The summed E-state index contributed by atoms with van der Waals surface area (Å²) in [5.74, 6) is -0.0545. The highest BCUT2D eigenvalue weighted by Gasteiger charge is 2.20. The Bertz CT molecular complexity index is 1090. The average Bonchev–Trinajstić information content (AvgIpc) is 3.33. The van der Waals surface area contributed by atoms with Crippen LogP contribution in [0.2, 0.25) is 0 Å². The molecule has 0 fully saturated rings. The third-order valence-corrected chi connectivity index (χ3v) is 13.6. The van der Waals surface area contributed by atoms with Crippen LogP contribution in [-0.4, -0.2) is 47.4 Å². The molecular formula is C61H115NO5. The van der Waals surface area contributed by atoms with Gasteiger partial charge in [-0.05, 0) is 77.0 Å². The van der Waals surface area contributed by atoms with E-state index in [4.69, 9.17) is 4.74 Å². The number of aliphatic hydroxyl groups excluding tert-OH is 2. The summed E-state index contributed by atoms with van der Waals surface area (Å²) in [6.07, 6.45) is 69.9. The van der Waals surface area contributed by atoms with Crippen molar-refractivity contribution in [3.8, 4) is 0 Å². The Morgan fingerprint density at radius 1 is 0.418 bits per heavy atom. The van der Waals surface area contributed by atoms with Gasteiger partial charge in [-0.25, -0.2) is 0 Å². The molecule has 0 aliphatic rings. The van der Waals surface area contributed by atoms with E-state index in [0.717, 1.165) is 57.8 Å². The van der Waals surface area contributed by atoms with Gasteiger partial charge in [0.05, 0.1) is 25.4 Å². The summed E-state index contributed by atoms with van der Waals surface area (Å²) in [5.41, 5.74) is 0. The molecule has 394 valence electrons. The number of ether oxygens (including phenoxy) is 1. The van der Waals surface area contributed by atoms with Gasteiger partial charge in [0, 0.05) is 12.8 Å². The second kappa shape index (κ2) is 56.7. The van der Waals surface area contributed by atoms with Crippen LogP contribution in [0.4, 0.5) is 0 Å². The van der Waals surface area contributed by atoms with Gasteiger partial charge in [-0.3, -0.25) is 9.59 Å². The highest BCUT2D eigenvalue weighted by atomic mass is 16.5. The van der Waals surface area contributed by atoms with Crippen LogP contribution in [0.5, 0.6) is 0 Å². The van der Waals surface area contributed by atoms with Crippen LogP contribution in [0.3, 0.4) is 0 Å². The number of unbranched alkanes of at least 4 members (excludes halogenated alkanes) is 38. The Balaban J connectivity index is 3.45. The highest BCUT2D eigenvalue weighted by molar-refractivity contribution is 5.76. The molecule has 0 aliphatic carbocycles. The quantitative estimate of drug-likeness (QED) is 0.0321. The molecule has 2 unspecified atom stereocenters. The summed E-state index contributed by atoms with van der Waals surface area (Å²) in [6.45, 7) is 4.88. The van der Waals surface area contributed by atoms with Crippen molar-refractivity contribution in [2.45, 2.75) is 328 Å². The largest absolute Gasteiger partial charge is 0.466 e. The van der Waals surface area contributed by atoms with Crippen molar-refractivity contribution in [2.24, 2.45) is 0 Å². The number of amides is 1. The van der Waals surface area contributed by atoms with Crippen LogP contribution in [0.25, 0.3) is 0 Å². The van der Waals surface area contributed by atoms with Gasteiger partial charge in [-0.1, -0.05) is 262 Å². The molecule has 2 atom stereocenters. The van der Waals surface area contributed by atoms with E-state index in [0.29, 0.717) is 25.9 Å². The lowest BCUT2D eigenvalue weighted by atomic mass is 10.0. The summed E-state index contributed by atoms with van der Waals surface area (Å²) in [4.78, 5) is 24.5. The lowest BCUT2D eigenvalue weighted by Gasteiger charge is -2.22. The summed E-state index contributed by atoms with van der Waals surface area (Å²) in [6, 6.07) is -0.550. The van der Waals surface area contributed by atoms with E-state index in [1.807, 2.05) is 0 Å². The van der Waals surface area contributed by atoms with Crippen LogP contribution < -0.4 is 5.32 Å². The molecule has 0 bridgehead atoms. The fraction of sp³-hybridized carbons (Fsp3) is 0.869. The van der Waals surface area contributed by atoms with Crippen LogP contribution in [0.15, 0.2) is 36.5 Å². The van der Waals surface area contributed by atoms with Crippen molar-refractivity contribution in [1.29, 1.82) is 0 Å². The second-order valence-corrected chi connectivity index (χ2v) is 20.3. The summed E-state index contributed by atoms with van der Waals surface area (Å²) >= 11 is 0. The number of hydrogen-bond donors (Lipinski definition) is 3. The predicted molar refractivity (Wildman–Crippen MR) is 292 cm³/mol. The molecule has 0 aromatic heterocycles. The maximum absolute atomic E-state index is 12.5. The number of aliphatic hydroxyl groups is 2. The molecule has 6 nitrogen and oxygen atoms in total. The summed E-state index contributed by atoms with van der Waals surface area (Å²) < 4.78 is 5.46. The SMILES string of the molecule is CCC/C=C\C/C=C\CCCCCCCC(=O)OCCCCCCCCCC/C=C\CCCCCCCCCC(=O)NC(CO)C(O)CCCCCCCCCCCCCCCCCCCC. The third-order valence-electron chi connectivity index (χ3n) is 13.6. The number of allylic oxidation sites excluding steroid dienone is 6. The monoisotopic (exact) mass is 942 g/mol. The van der Waals surface area contributed by atoms with Crippen molar-refractivity contribution in [2.75, 3.05) is 13.2 Å². The molecule has 6 heteroatoms. The maximum atomic E-state index is 12.5. The number of carbonyl (C=O) groups is 2. The molecular weight excluding hydrogens is 827 g/mol. The molecule has 0 heterocycles. The minimum absolute atomic E-state index is 0.0114. The second-order valence-electron chi connectivity index (χ2n) is 20.3. The molecule has 0 aromatic rings. The molecule has 3 N–H and O–H groups in total. The van der Waals surface area contributed by atoms with Crippen LogP contribution in [0.1, 0.15) is 316 Å². The zero-order valence-electron chi connectivity index (χ0n) is 44.9. The van der Waals surface area contributed by atoms with Gasteiger partial charge in [-0.2, -0.15) is 0 Å². The van der Waals surface area contributed by atoms with Gasteiger partial charge in [0.25, 0.3) is 0 Å². The van der Waals surface area contributed by atoms with Crippen molar-refractivity contribution in [3.63, 3.8) is 0 Å². The Kier molecular flexibility index (Phi) is 55.0. The summed E-state index contributed by atoms with van der Waals surface area (Å²) in [7, 11) is 0. The minimum atomic E-state index is -0.671. The van der Waals surface area contributed by atoms with E-state index in [-0.39, 0.29) is 18.5 Å². The van der Waals surface area contributed by atoms with Crippen LogP contribution in [-0.2, 0) is 14.3 Å². The number of rotatable bonds is 55. The molecule has 0 radical (unpaired) electrons. The molecule has 0 spiro atoms. The molecule has 0 aliphatic heterocycles. The predicted octanol–water partition coefficient (Wildman–Crippen LogP) is 18.4. The number of carbonyl (C=O) groups excluding carboxylic acids is 2. The smallest absolute Gasteiger partial charge is 0.305 e. The topological polar surface area (TPSA) is 95.9 Å². The van der Waals surface area contributed by atoms with Crippen molar-refractivity contribution in [3.05, 3.63) is 36.5 Å². The molecule has 1 amide bonds. The number of hydrogen-bond acceptors (Lipinski definition) is 5. The molecule has 0 saturated heterocycles. The molecule has 0 saturated carbocycles. The van der Waals surface area contributed by atoms with E-state index in [9.17, 15) is 19.8 Å². The Morgan fingerprint density at radius 3 is 1.21 bits per heavy atom. The van der Waals surface area contributed by atoms with E-state index in [2.05, 4.69) is 55.6 Å². The minimum Gasteiger partial charge on any atom is -0.466 e. The van der Waals surface area contributed by atoms with Crippen molar-refractivity contribution in [1.82, 2.24) is 5.32 Å². The van der Waals surface area contributed by atoms with Crippen LogP contribution in [0, 0.1) is 0 Å². The molecule has 0 aromatic carbocycles. The van der Waals surface area contributed by atoms with Gasteiger partial charge in [0.15, 0.2) is 0 Å². The standard InChI is InChI=1S/C61H115NO5/c1-3-5-7-9-11-13-15-17-18-19-23-26-30-33-37-41-45-49-53-59(64)58(57-63)62-60(65)54-50-46-42-38-34-31-27-24-21-20-22-25-28-32-36-40-44-48-52-56-67-61(66)55-51-47-43-39-35-29-16-14-12-10-8-6-4-2/h8,10,14,16,20-21,58-59,63-64H,3-7,9,11-13,15,17-19,22-57H2,1-2H3,(H,62,65)/b10-8-,16-14-,21-20-. The lowest BCUT2D eigenvalue weighted by molar-refractivity contribution is -0.143. The van der Waals surface area contributed by atoms with Crippen LogP contribution >= 0.6 is 0 Å². The molecule has 0 rings (SSSR count). The number of nitrogens with one attached hydrogen (secondary N) is 1. The van der Waals surface area contributed by atoms with E-state index in [1.54, 1.807) is 0 Å². The van der Waals surface area contributed by atoms with Gasteiger partial charge in [0.1, 0.15) is 0 Å². The van der Waals surface area contributed by atoms with E-state index in [1.165, 1.54) is 225 Å². The van der Waals surface area contributed by atoms with Gasteiger partial charge >= 0.3 is 5.97 Å². The molecule has 67 heavy (non-hydrogen) atoms. The fourth-order valence-electron chi connectivity index (χ4n) is 9.08. The van der Waals surface area contributed by atoms with Gasteiger partial charge in [0.2, 0.25) is 5.91 Å².